The summed E-state index contributed by atoms with van der Waals surface area (Å²) in [6.07, 6.45) is 2.17. The van der Waals surface area contributed by atoms with E-state index in [4.69, 9.17) is 4.74 Å². The number of rotatable bonds is 3. The lowest BCUT2D eigenvalue weighted by Gasteiger charge is -2.35. The summed E-state index contributed by atoms with van der Waals surface area (Å²) in [5.74, 6) is 1.57. The highest BCUT2D eigenvalue weighted by Crippen LogP contribution is 2.32. The molecular weight excluding hydrogens is 210 g/mol. The Bertz CT molecular complexity index is 367. The van der Waals surface area contributed by atoms with Crippen LogP contribution in [-0.4, -0.2) is 18.7 Å². The lowest BCUT2D eigenvalue weighted by molar-refractivity contribution is 0.0543. The standard InChI is InChI=1S/C15H23NO/c1-12(2)13-6-4-5-7-14(13)17-15(3)8-10-16-11-9-15/h4-7,12,16H,8-11H2,1-3H3. The molecule has 0 radical (unpaired) electrons. The molecule has 2 nitrogen and oxygen atoms in total. The predicted octanol–water partition coefficient (Wildman–Crippen LogP) is 3.33. The summed E-state index contributed by atoms with van der Waals surface area (Å²) in [4.78, 5) is 0. The van der Waals surface area contributed by atoms with Gasteiger partial charge in [0.2, 0.25) is 0 Å². The smallest absolute Gasteiger partial charge is 0.123 e. The topological polar surface area (TPSA) is 21.3 Å². The van der Waals surface area contributed by atoms with E-state index in [1.165, 1.54) is 5.56 Å². The molecule has 1 aliphatic heterocycles. The van der Waals surface area contributed by atoms with Crippen LogP contribution in [0, 0.1) is 0 Å². The molecule has 0 atom stereocenters. The van der Waals surface area contributed by atoms with E-state index in [1.54, 1.807) is 0 Å². The first-order chi connectivity index (χ1) is 8.11. The summed E-state index contributed by atoms with van der Waals surface area (Å²) >= 11 is 0. The van der Waals surface area contributed by atoms with Gasteiger partial charge in [0.1, 0.15) is 11.4 Å². The Morgan fingerprint density at radius 2 is 1.82 bits per heavy atom. The van der Waals surface area contributed by atoms with Crippen molar-refractivity contribution < 1.29 is 4.74 Å². The highest BCUT2D eigenvalue weighted by molar-refractivity contribution is 5.36. The highest BCUT2D eigenvalue weighted by atomic mass is 16.5. The quantitative estimate of drug-likeness (QED) is 0.864. The molecule has 0 saturated carbocycles. The molecule has 0 amide bonds. The Labute approximate surface area is 104 Å². The molecule has 1 aliphatic rings. The van der Waals surface area contributed by atoms with Gasteiger partial charge in [-0.3, -0.25) is 0 Å². The van der Waals surface area contributed by atoms with Crippen LogP contribution in [0.5, 0.6) is 5.75 Å². The third kappa shape index (κ3) is 3.01. The Balaban J connectivity index is 2.17. The minimum absolute atomic E-state index is 0.00373. The number of ether oxygens (including phenoxy) is 1. The minimum atomic E-state index is -0.00373. The average Bonchev–Trinajstić information content (AvgIpc) is 2.29. The van der Waals surface area contributed by atoms with E-state index in [2.05, 4.69) is 50.4 Å². The van der Waals surface area contributed by atoms with Crippen molar-refractivity contribution in [2.24, 2.45) is 0 Å². The van der Waals surface area contributed by atoms with E-state index >= 15 is 0 Å². The zero-order valence-corrected chi connectivity index (χ0v) is 11.1. The van der Waals surface area contributed by atoms with Crippen LogP contribution in [0.25, 0.3) is 0 Å². The molecule has 1 aromatic rings. The maximum Gasteiger partial charge on any atom is 0.123 e. The first kappa shape index (κ1) is 12.4. The molecule has 1 aromatic carbocycles. The molecule has 0 unspecified atom stereocenters. The van der Waals surface area contributed by atoms with Crippen molar-refractivity contribution in [3.8, 4) is 5.75 Å². The van der Waals surface area contributed by atoms with Crippen molar-refractivity contribution in [1.82, 2.24) is 5.32 Å². The molecule has 1 saturated heterocycles. The first-order valence-electron chi connectivity index (χ1n) is 6.59. The van der Waals surface area contributed by atoms with Gasteiger partial charge in [-0.25, -0.2) is 0 Å². The zero-order chi connectivity index (χ0) is 12.3. The first-order valence-corrected chi connectivity index (χ1v) is 6.59. The molecule has 1 fully saturated rings. The summed E-state index contributed by atoms with van der Waals surface area (Å²) in [7, 11) is 0. The molecule has 94 valence electrons. The van der Waals surface area contributed by atoms with E-state index < -0.39 is 0 Å². The summed E-state index contributed by atoms with van der Waals surface area (Å²) in [6, 6.07) is 8.42. The predicted molar refractivity (Wildman–Crippen MR) is 71.7 cm³/mol. The van der Waals surface area contributed by atoms with Crippen LogP contribution in [-0.2, 0) is 0 Å². The highest BCUT2D eigenvalue weighted by Gasteiger charge is 2.29. The SMILES string of the molecule is CC(C)c1ccccc1OC1(C)CCNCC1. The third-order valence-electron chi connectivity index (χ3n) is 3.56. The van der Waals surface area contributed by atoms with E-state index in [0.29, 0.717) is 5.92 Å². The Morgan fingerprint density at radius 1 is 1.18 bits per heavy atom. The van der Waals surface area contributed by atoms with Crippen LogP contribution in [0.2, 0.25) is 0 Å². The van der Waals surface area contributed by atoms with Crippen LogP contribution in [0.15, 0.2) is 24.3 Å². The molecule has 17 heavy (non-hydrogen) atoms. The van der Waals surface area contributed by atoms with Crippen molar-refractivity contribution in [3.05, 3.63) is 29.8 Å². The molecule has 0 aromatic heterocycles. The molecule has 1 heterocycles. The monoisotopic (exact) mass is 233 g/mol. The fraction of sp³-hybridized carbons (Fsp3) is 0.600. The summed E-state index contributed by atoms with van der Waals surface area (Å²) in [5, 5.41) is 3.38. The van der Waals surface area contributed by atoms with Gasteiger partial charge in [-0.05, 0) is 50.4 Å². The Hall–Kier alpha value is -1.02. The number of hydrogen-bond donors (Lipinski definition) is 1. The number of nitrogens with one attached hydrogen (secondary N) is 1. The Morgan fingerprint density at radius 3 is 2.47 bits per heavy atom. The third-order valence-corrected chi connectivity index (χ3v) is 3.56. The molecule has 0 bridgehead atoms. The van der Waals surface area contributed by atoms with Crippen molar-refractivity contribution in [2.75, 3.05) is 13.1 Å². The molecule has 2 rings (SSSR count). The second kappa shape index (κ2) is 5.09. The normalized spacial score (nSPS) is 19.3. The summed E-state index contributed by atoms with van der Waals surface area (Å²) in [5.41, 5.74) is 1.31. The molecule has 1 N–H and O–H groups in total. The van der Waals surface area contributed by atoms with Gasteiger partial charge in [0.05, 0.1) is 0 Å². The lowest BCUT2D eigenvalue weighted by Crippen LogP contribution is -2.44. The van der Waals surface area contributed by atoms with Crippen LogP contribution >= 0.6 is 0 Å². The summed E-state index contributed by atoms with van der Waals surface area (Å²) < 4.78 is 6.30. The van der Waals surface area contributed by atoms with Crippen LogP contribution in [0.4, 0.5) is 0 Å². The largest absolute Gasteiger partial charge is 0.487 e. The van der Waals surface area contributed by atoms with Gasteiger partial charge in [-0.2, -0.15) is 0 Å². The maximum atomic E-state index is 6.30. The van der Waals surface area contributed by atoms with Crippen molar-refractivity contribution in [1.29, 1.82) is 0 Å². The second-order valence-corrected chi connectivity index (χ2v) is 5.49. The molecule has 2 heteroatoms. The van der Waals surface area contributed by atoms with E-state index in [9.17, 15) is 0 Å². The molecular formula is C15H23NO. The van der Waals surface area contributed by atoms with E-state index in [0.717, 1.165) is 31.7 Å². The Kier molecular flexibility index (Phi) is 3.72. The number of para-hydroxylation sites is 1. The lowest BCUT2D eigenvalue weighted by atomic mass is 9.94. The van der Waals surface area contributed by atoms with Crippen molar-refractivity contribution in [2.45, 2.75) is 45.1 Å². The van der Waals surface area contributed by atoms with E-state index in [-0.39, 0.29) is 5.60 Å². The van der Waals surface area contributed by atoms with Gasteiger partial charge in [0.25, 0.3) is 0 Å². The minimum Gasteiger partial charge on any atom is -0.487 e. The van der Waals surface area contributed by atoms with Crippen LogP contribution in [0.3, 0.4) is 0 Å². The van der Waals surface area contributed by atoms with Crippen molar-refractivity contribution in [3.63, 3.8) is 0 Å². The molecule has 0 aliphatic carbocycles. The number of piperidine rings is 1. The van der Waals surface area contributed by atoms with Gasteiger partial charge >= 0.3 is 0 Å². The number of hydrogen-bond acceptors (Lipinski definition) is 2. The van der Waals surface area contributed by atoms with Crippen LogP contribution < -0.4 is 10.1 Å². The zero-order valence-electron chi connectivity index (χ0n) is 11.1. The van der Waals surface area contributed by atoms with E-state index in [1.807, 2.05) is 0 Å². The fourth-order valence-corrected chi connectivity index (χ4v) is 2.37. The van der Waals surface area contributed by atoms with Crippen molar-refractivity contribution >= 4 is 0 Å². The molecule has 0 spiro atoms. The fourth-order valence-electron chi connectivity index (χ4n) is 2.37. The van der Waals surface area contributed by atoms with Gasteiger partial charge in [-0.15, -0.1) is 0 Å². The second-order valence-electron chi connectivity index (χ2n) is 5.49. The van der Waals surface area contributed by atoms with Gasteiger partial charge in [0, 0.05) is 0 Å². The van der Waals surface area contributed by atoms with Gasteiger partial charge in [0.15, 0.2) is 0 Å². The number of benzene rings is 1. The maximum absolute atomic E-state index is 6.30. The van der Waals surface area contributed by atoms with Crippen LogP contribution in [0.1, 0.15) is 45.1 Å². The van der Waals surface area contributed by atoms with Gasteiger partial charge in [-0.1, -0.05) is 32.0 Å². The van der Waals surface area contributed by atoms with Gasteiger partial charge < -0.3 is 10.1 Å². The average molecular weight is 233 g/mol. The summed E-state index contributed by atoms with van der Waals surface area (Å²) in [6.45, 7) is 8.77.